The number of likely N-dealkylation sites (N-methyl/N-ethyl adjacent to an activating group) is 2. The number of piperazine rings is 1. The number of benzene rings is 3. The Bertz CT molecular complexity index is 1420. The number of methoxy groups -OCH3 is 1. The number of nitrogens with one attached hydrogen (secondary N) is 2. The van der Waals surface area contributed by atoms with Crippen molar-refractivity contribution in [2.75, 3.05) is 69.5 Å². The normalized spacial score (nSPS) is 16.9. The van der Waals surface area contributed by atoms with Crippen molar-refractivity contribution in [1.82, 2.24) is 9.80 Å². The molecule has 8 nitrogen and oxygen atoms in total. The van der Waals surface area contributed by atoms with Gasteiger partial charge in [0.15, 0.2) is 0 Å². The number of carbonyl (C=O) groups is 2. The van der Waals surface area contributed by atoms with Crippen LogP contribution in [0.15, 0.2) is 66.7 Å². The number of anilines is 3. The van der Waals surface area contributed by atoms with Gasteiger partial charge in [0.25, 0.3) is 5.91 Å². The minimum atomic E-state index is -0.212. The summed E-state index contributed by atoms with van der Waals surface area (Å²) < 4.78 is 5.70. The van der Waals surface area contributed by atoms with E-state index in [1.807, 2.05) is 54.6 Å². The number of hydrogen-bond acceptors (Lipinski definition) is 6. The highest BCUT2D eigenvalue weighted by Crippen LogP contribution is 2.39. The predicted octanol–water partition coefficient (Wildman–Crippen LogP) is 4.49. The number of hydrogen-bond donors (Lipinski definition) is 2. The summed E-state index contributed by atoms with van der Waals surface area (Å²) in [7, 11) is 5.45. The molecule has 1 fully saturated rings. The zero-order valence-corrected chi connectivity index (χ0v) is 23.1. The lowest BCUT2D eigenvalue weighted by molar-refractivity contribution is -0.119. The molecule has 9 heteroatoms. The summed E-state index contributed by atoms with van der Waals surface area (Å²) in [6.07, 6.45) is 0. The molecule has 202 valence electrons. The molecule has 1 saturated heterocycles. The lowest BCUT2D eigenvalue weighted by Crippen LogP contribution is -2.48. The Morgan fingerprint density at radius 2 is 1.79 bits per heavy atom. The fourth-order valence-corrected chi connectivity index (χ4v) is 5.06. The highest BCUT2D eigenvalue weighted by Gasteiger charge is 2.29. The van der Waals surface area contributed by atoms with Crippen molar-refractivity contribution >= 4 is 51.7 Å². The smallest absolute Gasteiger partial charge is 0.258 e. The molecule has 2 aliphatic rings. The number of nitrogens with zero attached hydrogens (tertiary/aromatic N) is 3. The summed E-state index contributed by atoms with van der Waals surface area (Å²) >= 11 is 6.17. The molecule has 5 rings (SSSR count). The van der Waals surface area contributed by atoms with Crippen molar-refractivity contribution in [3.05, 3.63) is 82.9 Å². The van der Waals surface area contributed by atoms with Crippen LogP contribution in [0.25, 0.3) is 11.3 Å². The fourth-order valence-electron chi connectivity index (χ4n) is 4.89. The molecular weight excluding hydrogens is 514 g/mol. The van der Waals surface area contributed by atoms with Gasteiger partial charge in [-0.1, -0.05) is 48.0 Å². The van der Waals surface area contributed by atoms with E-state index in [0.29, 0.717) is 40.0 Å². The van der Waals surface area contributed by atoms with E-state index < -0.39 is 0 Å². The maximum atomic E-state index is 13.1. The number of ether oxygens (including phenoxy) is 1. The molecule has 2 amide bonds. The molecule has 0 aliphatic carbocycles. The molecule has 0 radical (unpaired) electrons. The summed E-state index contributed by atoms with van der Waals surface area (Å²) in [5.41, 5.74) is 4.87. The van der Waals surface area contributed by atoms with Gasteiger partial charge < -0.3 is 25.2 Å². The van der Waals surface area contributed by atoms with Crippen LogP contribution in [0.5, 0.6) is 5.75 Å². The lowest BCUT2D eigenvalue weighted by atomic mass is 10.00. The summed E-state index contributed by atoms with van der Waals surface area (Å²) in [6, 6.07) is 20.6. The van der Waals surface area contributed by atoms with Crippen LogP contribution >= 0.6 is 11.6 Å². The molecule has 0 bridgehead atoms. The van der Waals surface area contributed by atoms with Gasteiger partial charge in [0.05, 0.1) is 36.3 Å². The van der Waals surface area contributed by atoms with E-state index in [2.05, 4.69) is 27.5 Å². The Labute approximate surface area is 233 Å². The molecule has 39 heavy (non-hydrogen) atoms. The van der Waals surface area contributed by atoms with Gasteiger partial charge in [0, 0.05) is 55.6 Å². The molecule has 0 unspecified atom stereocenters. The third-order valence-corrected chi connectivity index (χ3v) is 7.41. The average molecular weight is 546 g/mol. The van der Waals surface area contributed by atoms with Gasteiger partial charge in [-0.05, 0) is 36.9 Å². The van der Waals surface area contributed by atoms with Crippen LogP contribution < -0.4 is 20.3 Å². The first-order chi connectivity index (χ1) is 18.8. The second-order valence-corrected chi connectivity index (χ2v) is 10.2. The lowest BCUT2D eigenvalue weighted by Gasteiger charge is -2.33. The summed E-state index contributed by atoms with van der Waals surface area (Å²) in [5, 5.41) is 6.93. The fraction of sp³-hybridized carbons (Fsp3) is 0.267. The van der Waals surface area contributed by atoms with Crippen molar-refractivity contribution in [3.8, 4) is 5.75 Å². The molecule has 0 spiro atoms. The topological polar surface area (TPSA) is 77.1 Å². The van der Waals surface area contributed by atoms with E-state index in [-0.39, 0.29) is 11.8 Å². The number of rotatable bonds is 7. The highest BCUT2D eigenvalue weighted by atomic mass is 35.5. The molecule has 2 N–H and O–H groups in total. The number of carbonyl (C=O) groups excluding carboxylic acids is 2. The van der Waals surface area contributed by atoms with E-state index in [0.717, 1.165) is 43.0 Å². The largest absolute Gasteiger partial charge is 0.494 e. The third-order valence-electron chi connectivity index (χ3n) is 7.18. The maximum absolute atomic E-state index is 13.1. The first-order valence-corrected chi connectivity index (χ1v) is 13.3. The van der Waals surface area contributed by atoms with Crippen molar-refractivity contribution in [3.63, 3.8) is 0 Å². The predicted molar refractivity (Wildman–Crippen MR) is 157 cm³/mol. The van der Waals surface area contributed by atoms with Crippen LogP contribution in [0.2, 0.25) is 5.02 Å². The van der Waals surface area contributed by atoms with Gasteiger partial charge in [0.2, 0.25) is 5.91 Å². The molecule has 0 aromatic heterocycles. The standard InChI is InChI=1S/C30H32ClN5O3/c1-34-13-15-36(16-14-34)19-27(37)35(2)25-12-10-22(18-26(25)39-3)32-29(20-7-5-4-6-8-20)28-23-11-9-21(31)17-24(23)33-30(28)38/h4-12,17-18,32H,13-16,19H2,1-3H3,(H,33,38). The summed E-state index contributed by atoms with van der Waals surface area (Å²) in [4.78, 5) is 32.3. The van der Waals surface area contributed by atoms with E-state index in [9.17, 15) is 9.59 Å². The van der Waals surface area contributed by atoms with Gasteiger partial charge in [-0.3, -0.25) is 14.5 Å². The van der Waals surface area contributed by atoms with Crippen LogP contribution in [-0.2, 0) is 9.59 Å². The van der Waals surface area contributed by atoms with Gasteiger partial charge >= 0.3 is 0 Å². The Morgan fingerprint density at radius 1 is 1.05 bits per heavy atom. The first kappa shape index (κ1) is 26.7. The molecule has 2 heterocycles. The highest BCUT2D eigenvalue weighted by molar-refractivity contribution is 6.38. The molecule has 2 aliphatic heterocycles. The monoisotopic (exact) mass is 545 g/mol. The minimum Gasteiger partial charge on any atom is -0.494 e. The zero-order valence-electron chi connectivity index (χ0n) is 22.3. The minimum absolute atomic E-state index is 0.00329. The van der Waals surface area contributed by atoms with Gasteiger partial charge in [0.1, 0.15) is 5.75 Å². The van der Waals surface area contributed by atoms with E-state index >= 15 is 0 Å². The first-order valence-electron chi connectivity index (χ1n) is 12.9. The van der Waals surface area contributed by atoms with Crippen LogP contribution in [-0.4, -0.2) is 75.5 Å². The molecule has 0 saturated carbocycles. The molecular formula is C30H32ClN5O3. The van der Waals surface area contributed by atoms with Crippen molar-refractivity contribution in [2.45, 2.75) is 0 Å². The Hall–Kier alpha value is -3.85. The quantitative estimate of drug-likeness (QED) is 0.426. The zero-order chi connectivity index (χ0) is 27.5. The maximum Gasteiger partial charge on any atom is 0.258 e. The molecule has 0 atom stereocenters. The van der Waals surface area contributed by atoms with Crippen LogP contribution in [0.1, 0.15) is 11.1 Å². The molecule has 3 aromatic rings. The van der Waals surface area contributed by atoms with Gasteiger partial charge in [-0.15, -0.1) is 0 Å². The summed E-state index contributed by atoms with van der Waals surface area (Å²) in [5.74, 6) is 0.342. The number of fused-ring (bicyclic) bond motifs is 1. The third kappa shape index (κ3) is 5.78. The average Bonchev–Trinajstić information content (AvgIpc) is 3.27. The van der Waals surface area contributed by atoms with Crippen LogP contribution in [0.3, 0.4) is 0 Å². The SMILES string of the molecule is COc1cc(NC(=C2C(=O)Nc3cc(Cl)ccc32)c2ccccc2)ccc1N(C)C(=O)CN1CCN(C)CC1. The number of amides is 2. The van der Waals surface area contributed by atoms with Crippen molar-refractivity contribution in [1.29, 1.82) is 0 Å². The Morgan fingerprint density at radius 3 is 2.51 bits per heavy atom. The Kier molecular flexibility index (Phi) is 7.88. The van der Waals surface area contributed by atoms with Crippen LogP contribution in [0.4, 0.5) is 17.1 Å². The van der Waals surface area contributed by atoms with E-state index in [4.69, 9.17) is 16.3 Å². The van der Waals surface area contributed by atoms with E-state index in [1.54, 1.807) is 31.2 Å². The van der Waals surface area contributed by atoms with Gasteiger partial charge in [-0.25, -0.2) is 0 Å². The molecule has 3 aromatic carbocycles. The van der Waals surface area contributed by atoms with Gasteiger partial charge in [-0.2, -0.15) is 0 Å². The van der Waals surface area contributed by atoms with Crippen molar-refractivity contribution in [2.24, 2.45) is 0 Å². The van der Waals surface area contributed by atoms with Crippen molar-refractivity contribution < 1.29 is 14.3 Å². The van der Waals surface area contributed by atoms with E-state index in [1.165, 1.54) is 0 Å². The number of halogens is 1. The summed E-state index contributed by atoms with van der Waals surface area (Å²) in [6.45, 7) is 4.01. The second-order valence-electron chi connectivity index (χ2n) is 9.80. The second kappa shape index (κ2) is 11.5. The Balaban J connectivity index is 1.45. The van der Waals surface area contributed by atoms with Crippen LogP contribution in [0, 0.1) is 0 Å².